The zero-order valence-corrected chi connectivity index (χ0v) is 12.0. The molecule has 0 aromatic heterocycles. The third-order valence-electron chi connectivity index (χ3n) is 3.09. The first-order valence-corrected chi connectivity index (χ1v) is 7.85. The fourth-order valence-electron chi connectivity index (χ4n) is 2.23. The number of nitrogens with one attached hydrogen (secondary N) is 1. The molecule has 0 aromatic carbocycles. The van der Waals surface area contributed by atoms with E-state index in [-0.39, 0.29) is 12.4 Å². The van der Waals surface area contributed by atoms with E-state index in [1.54, 1.807) is 0 Å². The van der Waals surface area contributed by atoms with Crippen molar-refractivity contribution in [3.05, 3.63) is 0 Å². The molecule has 6 nitrogen and oxygen atoms in total. The third kappa shape index (κ3) is 3.93. The maximum absolute atomic E-state index is 12.5. The summed E-state index contributed by atoms with van der Waals surface area (Å²) in [7, 11) is -3.47. The van der Waals surface area contributed by atoms with Crippen LogP contribution in [-0.2, 0) is 10.2 Å². The molecule has 0 amide bonds. The van der Waals surface area contributed by atoms with Crippen molar-refractivity contribution < 1.29 is 8.42 Å². The summed E-state index contributed by atoms with van der Waals surface area (Å²) >= 11 is 0. The molecule has 0 saturated carbocycles. The van der Waals surface area contributed by atoms with Crippen molar-refractivity contribution in [1.29, 1.82) is 5.41 Å². The van der Waals surface area contributed by atoms with E-state index >= 15 is 0 Å². The van der Waals surface area contributed by atoms with Gasteiger partial charge in [-0.25, -0.2) is 0 Å². The van der Waals surface area contributed by atoms with Crippen molar-refractivity contribution in [2.24, 2.45) is 11.7 Å². The van der Waals surface area contributed by atoms with Gasteiger partial charge < -0.3 is 5.73 Å². The summed E-state index contributed by atoms with van der Waals surface area (Å²) < 4.78 is 27.8. The minimum Gasteiger partial charge on any atom is -0.387 e. The van der Waals surface area contributed by atoms with Crippen molar-refractivity contribution in [2.45, 2.75) is 33.1 Å². The lowest BCUT2D eigenvalue weighted by atomic mass is 10.0. The SMILES string of the molecule is CCCN(CC(=N)N)S(=O)(=O)N1CCCC(C)C1. The van der Waals surface area contributed by atoms with Gasteiger partial charge in [0.25, 0.3) is 10.2 Å². The Balaban J connectivity index is 2.82. The van der Waals surface area contributed by atoms with E-state index in [1.807, 2.05) is 6.92 Å². The Hall–Kier alpha value is -0.660. The summed E-state index contributed by atoms with van der Waals surface area (Å²) in [6.45, 7) is 5.53. The average molecular weight is 276 g/mol. The maximum Gasteiger partial charge on any atom is 0.282 e. The molecule has 1 heterocycles. The van der Waals surface area contributed by atoms with Crippen molar-refractivity contribution in [1.82, 2.24) is 8.61 Å². The van der Waals surface area contributed by atoms with Crippen LogP contribution in [0.1, 0.15) is 33.1 Å². The van der Waals surface area contributed by atoms with Gasteiger partial charge in [0.05, 0.1) is 6.54 Å². The second kappa shape index (κ2) is 6.49. The molecule has 3 N–H and O–H groups in total. The smallest absolute Gasteiger partial charge is 0.282 e. The Morgan fingerprint density at radius 2 is 2.22 bits per heavy atom. The van der Waals surface area contributed by atoms with E-state index < -0.39 is 10.2 Å². The molecule has 106 valence electrons. The summed E-state index contributed by atoms with van der Waals surface area (Å²) in [6.07, 6.45) is 2.70. The van der Waals surface area contributed by atoms with Crippen LogP contribution >= 0.6 is 0 Å². The summed E-state index contributed by atoms with van der Waals surface area (Å²) in [4.78, 5) is 0. The normalized spacial score (nSPS) is 22.3. The number of hydrogen-bond acceptors (Lipinski definition) is 3. The van der Waals surface area contributed by atoms with Gasteiger partial charge >= 0.3 is 0 Å². The molecular formula is C11H24N4O2S. The first kappa shape index (κ1) is 15.4. The largest absolute Gasteiger partial charge is 0.387 e. The van der Waals surface area contributed by atoms with Gasteiger partial charge in [-0.05, 0) is 25.2 Å². The molecule has 1 aliphatic rings. The molecule has 1 atom stereocenters. The molecule has 0 aliphatic carbocycles. The van der Waals surface area contributed by atoms with Crippen LogP contribution < -0.4 is 5.73 Å². The summed E-state index contributed by atoms with van der Waals surface area (Å²) in [5.41, 5.74) is 5.34. The number of hydrogen-bond donors (Lipinski definition) is 2. The van der Waals surface area contributed by atoms with Gasteiger partial charge in [0.1, 0.15) is 5.84 Å². The molecule has 7 heteroatoms. The Morgan fingerprint density at radius 3 is 2.72 bits per heavy atom. The highest BCUT2D eigenvalue weighted by atomic mass is 32.2. The average Bonchev–Trinajstić information content (AvgIpc) is 2.28. The van der Waals surface area contributed by atoms with E-state index in [1.165, 1.54) is 8.61 Å². The zero-order chi connectivity index (χ0) is 13.8. The van der Waals surface area contributed by atoms with E-state index in [2.05, 4.69) is 6.92 Å². The highest BCUT2D eigenvalue weighted by molar-refractivity contribution is 7.86. The van der Waals surface area contributed by atoms with Crippen molar-refractivity contribution >= 4 is 16.0 Å². The minimum atomic E-state index is -3.47. The molecule has 1 unspecified atom stereocenters. The van der Waals surface area contributed by atoms with Gasteiger partial charge in [-0.15, -0.1) is 0 Å². The van der Waals surface area contributed by atoms with Crippen LogP contribution in [0.4, 0.5) is 0 Å². The maximum atomic E-state index is 12.5. The lowest BCUT2D eigenvalue weighted by molar-refractivity contribution is 0.261. The first-order chi connectivity index (χ1) is 8.37. The summed E-state index contributed by atoms with van der Waals surface area (Å²) in [5.74, 6) is 0.284. The van der Waals surface area contributed by atoms with Crippen LogP contribution in [0.2, 0.25) is 0 Å². The van der Waals surface area contributed by atoms with Crippen LogP contribution in [0.25, 0.3) is 0 Å². The van der Waals surface area contributed by atoms with E-state index in [0.717, 1.165) is 19.3 Å². The lowest BCUT2D eigenvalue weighted by Crippen LogP contribution is -2.50. The molecule has 0 radical (unpaired) electrons. The molecule has 0 bridgehead atoms. The molecule has 0 spiro atoms. The fourth-order valence-corrected chi connectivity index (χ4v) is 4.08. The van der Waals surface area contributed by atoms with Crippen LogP contribution in [-0.4, -0.2) is 49.0 Å². The van der Waals surface area contributed by atoms with Gasteiger partial charge in [-0.2, -0.15) is 17.0 Å². The van der Waals surface area contributed by atoms with Gasteiger partial charge in [0.15, 0.2) is 0 Å². The number of nitrogens with two attached hydrogens (primary N) is 1. The third-order valence-corrected chi connectivity index (χ3v) is 5.04. The van der Waals surface area contributed by atoms with Crippen LogP contribution in [0.3, 0.4) is 0 Å². The molecule has 1 aliphatic heterocycles. The highest BCUT2D eigenvalue weighted by Crippen LogP contribution is 2.20. The van der Waals surface area contributed by atoms with Gasteiger partial charge in [0, 0.05) is 19.6 Å². The topological polar surface area (TPSA) is 90.5 Å². The quantitative estimate of drug-likeness (QED) is 0.550. The first-order valence-electron chi connectivity index (χ1n) is 6.46. The molecule has 0 aromatic rings. The highest BCUT2D eigenvalue weighted by Gasteiger charge is 2.32. The Bertz CT molecular complexity index is 383. The molecular weight excluding hydrogens is 252 g/mol. The van der Waals surface area contributed by atoms with Crippen LogP contribution in [0.5, 0.6) is 0 Å². The number of nitrogens with zero attached hydrogens (tertiary/aromatic N) is 2. The van der Waals surface area contributed by atoms with Crippen LogP contribution in [0.15, 0.2) is 0 Å². The minimum absolute atomic E-state index is 0.0128. The van der Waals surface area contributed by atoms with E-state index in [9.17, 15) is 8.42 Å². The number of rotatable bonds is 6. The van der Waals surface area contributed by atoms with Crippen molar-refractivity contribution in [2.75, 3.05) is 26.2 Å². The monoisotopic (exact) mass is 276 g/mol. The van der Waals surface area contributed by atoms with E-state index in [4.69, 9.17) is 11.1 Å². The van der Waals surface area contributed by atoms with Crippen LogP contribution in [0, 0.1) is 11.3 Å². The second-order valence-corrected chi connectivity index (χ2v) is 6.90. The Kier molecular flexibility index (Phi) is 5.55. The predicted molar refractivity (Wildman–Crippen MR) is 72.7 cm³/mol. The molecule has 1 fully saturated rings. The molecule has 1 rings (SSSR count). The Labute approximate surface area is 110 Å². The zero-order valence-electron chi connectivity index (χ0n) is 11.2. The van der Waals surface area contributed by atoms with Crippen molar-refractivity contribution in [3.8, 4) is 0 Å². The number of amidine groups is 1. The number of piperidine rings is 1. The molecule has 18 heavy (non-hydrogen) atoms. The predicted octanol–water partition coefficient (Wildman–Crippen LogP) is 0.611. The summed E-state index contributed by atoms with van der Waals surface area (Å²) in [5, 5.41) is 7.29. The summed E-state index contributed by atoms with van der Waals surface area (Å²) in [6, 6.07) is 0. The fraction of sp³-hybridized carbons (Fsp3) is 0.909. The standard InChI is InChI=1S/C11H24N4O2S/c1-3-6-14(9-11(12)13)18(16,17)15-7-4-5-10(2)8-15/h10H,3-9H2,1-2H3,(H3,12,13). The Morgan fingerprint density at radius 1 is 1.56 bits per heavy atom. The van der Waals surface area contributed by atoms with E-state index in [0.29, 0.717) is 25.6 Å². The van der Waals surface area contributed by atoms with Gasteiger partial charge in [0.2, 0.25) is 0 Å². The van der Waals surface area contributed by atoms with Crippen molar-refractivity contribution in [3.63, 3.8) is 0 Å². The lowest BCUT2D eigenvalue weighted by Gasteiger charge is -2.34. The van der Waals surface area contributed by atoms with Gasteiger partial charge in [-0.3, -0.25) is 5.41 Å². The molecule has 1 saturated heterocycles. The van der Waals surface area contributed by atoms with Gasteiger partial charge in [-0.1, -0.05) is 13.8 Å². The second-order valence-electron chi connectivity index (χ2n) is 4.97.